The zero-order valence-corrected chi connectivity index (χ0v) is 13.4. The van der Waals surface area contributed by atoms with Crippen molar-refractivity contribution in [2.24, 2.45) is 5.73 Å². The van der Waals surface area contributed by atoms with E-state index in [-0.39, 0.29) is 0 Å². The van der Waals surface area contributed by atoms with Gasteiger partial charge >= 0.3 is 12.2 Å². The number of nitrogens with two attached hydrogens (primary N) is 1. The summed E-state index contributed by atoms with van der Waals surface area (Å²) < 4.78 is 4.58. The van der Waals surface area contributed by atoms with E-state index in [9.17, 15) is 9.59 Å². The Bertz CT molecular complexity index is 547. The fraction of sp³-hybridized carbons (Fsp3) is 0.222. The molecule has 6 nitrogen and oxygen atoms in total. The third kappa shape index (κ3) is 9.83. The van der Waals surface area contributed by atoms with E-state index in [0.29, 0.717) is 19.6 Å². The van der Waals surface area contributed by atoms with Crippen molar-refractivity contribution in [3.8, 4) is 0 Å². The number of ether oxygens (including phenoxy) is 1. The number of rotatable bonds is 6. The Morgan fingerprint density at radius 1 is 0.917 bits per heavy atom. The number of primary amides is 1. The smallest absolute Gasteiger partial charge is 0.404 e. The molecule has 0 saturated heterocycles. The number of carbonyl (C=O) groups excluding carboxylic acids is 1. The quantitative estimate of drug-likeness (QED) is 0.758. The fourth-order valence-corrected chi connectivity index (χ4v) is 1.87. The molecule has 0 bridgehead atoms. The van der Waals surface area contributed by atoms with Gasteiger partial charge in [-0.1, -0.05) is 60.7 Å². The first-order valence-electron chi connectivity index (χ1n) is 7.55. The Morgan fingerprint density at radius 2 is 1.42 bits per heavy atom. The molecule has 0 atom stereocenters. The minimum atomic E-state index is -0.967. The van der Waals surface area contributed by atoms with Gasteiger partial charge in [-0.15, -0.1) is 0 Å². The fourth-order valence-electron chi connectivity index (χ4n) is 1.87. The van der Waals surface area contributed by atoms with Crippen molar-refractivity contribution in [1.29, 1.82) is 0 Å². The van der Waals surface area contributed by atoms with E-state index < -0.39 is 12.2 Å². The van der Waals surface area contributed by atoms with E-state index in [2.05, 4.69) is 10.1 Å². The van der Waals surface area contributed by atoms with Gasteiger partial charge in [0.15, 0.2) is 0 Å². The molecule has 0 aromatic heterocycles. The highest BCUT2D eigenvalue weighted by Crippen LogP contribution is 1.99. The molecule has 2 rings (SSSR count). The van der Waals surface area contributed by atoms with Crippen LogP contribution in [0.2, 0.25) is 0 Å². The lowest BCUT2D eigenvalue weighted by Crippen LogP contribution is -2.23. The molecular formula is C18H22N2O4. The lowest BCUT2D eigenvalue weighted by molar-refractivity contribution is 0.158. The Morgan fingerprint density at radius 3 is 1.88 bits per heavy atom. The second-order valence-electron chi connectivity index (χ2n) is 4.87. The first kappa shape index (κ1) is 19.0. The van der Waals surface area contributed by atoms with Crippen LogP contribution in [0.1, 0.15) is 11.1 Å². The molecule has 0 saturated carbocycles. The second-order valence-corrected chi connectivity index (χ2v) is 4.87. The predicted molar refractivity (Wildman–Crippen MR) is 91.9 cm³/mol. The van der Waals surface area contributed by atoms with Gasteiger partial charge in [-0.3, -0.25) is 0 Å². The number of benzene rings is 2. The summed E-state index contributed by atoms with van der Waals surface area (Å²) in [4.78, 5) is 20.3. The van der Waals surface area contributed by atoms with Gasteiger partial charge < -0.3 is 20.9 Å². The van der Waals surface area contributed by atoms with Gasteiger partial charge in [0.1, 0.15) is 0 Å². The molecule has 0 spiro atoms. The Kier molecular flexibility index (Phi) is 9.14. The molecule has 0 unspecified atom stereocenters. The molecule has 6 heteroatoms. The molecule has 0 aliphatic carbocycles. The van der Waals surface area contributed by atoms with Crippen LogP contribution in [-0.2, 0) is 17.6 Å². The van der Waals surface area contributed by atoms with Gasteiger partial charge in [0, 0.05) is 13.0 Å². The number of hydrogen-bond acceptors (Lipinski definition) is 3. The van der Waals surface area contributed by atoms with Crippen LogP contribution in [0.5, 0.6) is 0 Å². The summed E-state index contributed by atoms with van der Waals surface area (Å²) in [7, 11) is 0. The van der Waals surface area contributed by atoms with Gasteiger partial charge in [-0.2, -0.15) is 0 Å². The maximum absolute atomic E-state index is 10.2. The van der Waals surface area contributed by atoms with E-state index in [1.807, 2.05) is 60.7 Å². The van der Waals surface area contributed by atoms with E-state index in [1.165, 1.54) is 0 Å². The van der Waals surface area contributed by atoms with Crippen molar-refractivity contribution in [2.45, 2.75) is 12.8 Å². The number of carbonyl (C=O) groups is 2. The van der Waals surface area contributed by atoms with Crippen LogP contribution in [-0.4, -0.2) is 30.4 Å². The van der Waals surface area contributed by atoms with Crippen molar-refractivity contribution >= 4 is 12.2 Å². The molecule has 0 fully saturated rings. The summed E-state index contributed by atoms with van der Waals surface area (Å²) in [6, 6.07) is 19.6. The maximum Gasteiger partial charge on any atom is 0.404 e. The average Bonchev–Trinajstić information content (AvgIpc) is 2.57. The first-order valence-corrected chi connectivity index (χ1v) is 7.55. The van der Waals surface area contributed by atoms with Crippen molar-refractivity contribution in [3.63, 3.8) is 0 Å². The van der Waals surface area contributed by atoms with Crippen molar-refractivity contribution in [1.82, 2.24) is 5.32 Å². The third-order valence-electron chi connectivity index (χ3n) is 3.01. The van der Waals surface area contributed by atoms with Crippen LogP contribution in [0, 0.1) is 0 Å². The summed E-state index contributed by atoms with van der Waals surface area (Å²) >= 11 is 0. The molecule has 0 aliphatic heterocycles. The van der Waals surface area contributed by atoms with Crippen molar-refractivity contribution in [3.05, 3.63) is 71.8 Å². The molecule has 0 aliphatic rings. The topological polar surface area (TPSA) is 102 Å². The van der Waals surface area contributed by atoms with E-state index in [0.717, 1.165) is 17.5 Å². The predicted octanol–water partition coefficient (Wildman–Crippen LogP) is 2.82. The van der Waals surface area contributed by atoms with Gasteiger partial charge in [0.2, 0.25) is 0 Å². The minimum absolute atomic E-state index is 0.347. The zero-order chi connectivity index (χ0) is 17.6. The normalized spacial score (nSPS) is 9.33. The van der Waals surface area contributed by atoms with E-state index >= 15 is 0 Å². The lowest BCUT2D eigenvalue weighted by atomic mass is 10.1. The number of carboxylic acid groups (broad SMARTS) is 1. The maximum atomic E-state index is 10.2. The zero-order valence-electron chi connectivity index (χ0n) is 13.4. The lowest BCUT2D eigenvalue weighted by Gasteiger charge is -2.00. The van der Waals surface area contributed by atoms with Crippen molar-refractivity contribution < 1.29 is 19.4 Å². The SMILES string of the molecule is NC(=O)OCCc1ccccc1.O=C(O)NCCc1ccccc1. The monoisotopic (exact) mass is 330 g/mol. The summed E-state index contributed by atoms with van der Waals surface area (Å²) in [6.07, 6.45) is -0.228. The van der Waals surface area contributed by atoms with Gasteiger partial charge in [0.05, 0.1) is 6.61 Å². The van der Waals surface area contributed by atoms with Crippen LogP contribution in [0.25, 0.3) is 0 Å². The molecule has 2 aromatic rings. The molecule has 4 N–H and O–H groups in total. The Hall–Kier alpha value is -3.02. The van der Waals surface area contributed by atoms with Crippen LogP contribution >= 0.6 is 0 Å². The van der Waals surface area contributed by atoms with Crippen LogP contribution in [0.15, 0.2) is 60.7 Å². The molecular weight excluding hydrogens is 308 g/mol. The molecule has 2 aromatic carbocycles. The summed E-state index contributed by atoms with van der Waals surface area (Å²) in [5.74, 6) is 0. The summed E-state index contributed by atoms with van der Waals surface area (Å²) in [5, 5.41) is 10.6. The molecule has 2 amide bonds. The molecule has 24 heavy (non-hydrogen) atoms. The first-order chi connectivity index (χ1) is 11.6. The second kappa shape index (κ2) is 11.5. The van der Waals surface area contributed by atoms with Crippen molar-refractivity contribution in [2.75, 3.05) is 13.2 Å². The summed E-state index contributed by atoms with van der Waals surface area (Å²) in [5.41, 5.74) is 7.08. The number of nitrogens with one attached hydrogen (secondary N) is 1. The van der Waals surface area contributed by atoms with E-state index in [4.69, 9.17) is 10.8 Å². The average molecular weight is 330 g/mol. The third-order valence-corrected chi connectivity index (χ3v) is 3.01. The minimum Gasteiger partial charge on any atom is -0.465 e. The van der Waals surface area contributed by atoms with Gasteiger partial charge in [-0.25, -0.2) is 9.59 Å². The Balaban J connectivity index is 0.000000240. The molecule has 0 radical (unpaired) electrons. The highest BCUT2D eigenvalue weighted by atomic mass is 16.5. The van der Waals surface area contributed by atoms with Gasteiger partial charge in [0.25, 0.3) is 0 Å². The van der Waals surface area contributed by atoms with Crippen LogP contribution in [0.3, 0.4) is 0 Å². The van der Waals surface area contributed by atoms with E-state index in [1.54, 1.807) is 0 Å². The number of hydrogen-bond donors (Lipinski definition) is 3. The molecule has 0 heterocycles. The largest absolute Gasteiger partial charge is 0.465 e. The highest BCUT2D eigenvalue weighted by molar-refractivity contribution is 5.64. The molecule has 128 valence electrons. The summed E-state index contributed by atoms with van der Waals surface area (Å²) in [6.45, 7) is 0.818. The van der Waals surface area contributed by atoms with Gasteiger partial charge in [-0.05, 0) is 17.5 Å². The van der Waals surface area contributed by atoms with Crippen LogP contribution < -0.4 is 11.1 Å². The van der Waals surface area contributed by atoms with Crippen LogP contribution in [0.4, 0.5) is 9.59 Å². The standard InChI is InChI=1S/2C9H11NO2/c10-9(11)12-7-6-8-4-2-1-3-5-8;11-9(12)10-7-6-8-4-2-1-3-5-8/h1-5H,6-7H2,(H2,10,11);1-5,10H,6-7H2,(H,11,12). The Labute approximate surface area is 141 Å². The highest BCUT2D eigenvalue weighted by Gasteiger charge is 1.95. The number of amides is 2.